The zero-order valence-corrected chi connectivity index (χ0v) is 16.9. The van der Waals surface area contributed by atoms with E-state index in [1.165, 1.54) is 12.1 Å². The van der Waals surface area contributed by atoms with Gasteiger partial charge in [-0.1, -0.05) is 6.08 Å². The number of hydrogen-bond donors (Lipinski definition) is 0. The molecule has 0 unspecified atom stereocenters. The smallest absolute Gasteiger partial charge is 0.199 e. The van der Waals surface area contributed by atoms with E-state index in [0.717, 1.165) is 43.3 Å². The molecule has 4 rings (SSSR count). The second-order valence-corrected chi connectivity index (χ2v) is 7.33. The molecule has 0 bridgehead atoms. The summed E-state index contributed by atoms with van der Waals surface area (Å²) >= 11 is 5.68. The van der Waals surface area contributed by atoms with Crippen molar-refractivity contribution in [2.24, 2.45) is 0 Å². The molecule has 8 heteroatoms. The van der Waals surface area contributed by atoms with E-state index in [0.29, 0.717) is 18.0 Å². The summed E-state index contributed by atoms with van der Waals surface area (Å²) in [6, 6.07) is 10.6. The van der Waals surface area contributed by atoms with Gasteiger partial charge in [-0.2, -0.15) is 5.10 Å². The van der Waals surface area contributed by atoms with Gasteiger partial charge in [0.15, 0.2) is 10.6 Å². The zero-order valence-electron chi connectivity index (χ0n) is 16.1. The third-order valence-electron chi connectivity index (χ3n) is 5.05. The molecule has 0 atom stereocenters. The molecule has 3 aromatic rings. The van der Waals surface area contributed by atoms with E-state index in [-0.39, 0.29) is 5.82 Å². The minimum Gasteiger partial charge on any atom is -0.369 e. The lowest BCUT2D eigenvalue weighted by molar-refractivity contribution is 0.194. The summed E-state index contributed by atoms with van der Waals surface area (Å²) in [7, 11) is 0. The Morgan fingerprint density at radius 2 is 1.86 bits per heavy atom. The van der Waals surface area contributed by atoms with Crippen molar-refractivity contribution in [1.29, 1.82) is 0 Å². The molecule has 1 aliphatic rings. The molecular weight excluding hydrogens is 387 g/mol. The van der Waals surface area contributed by atoms with Crippen LogP contribution in [0.5, 0.6) is 0 Å². The lowest BCUT2D eigenvalue weighted by Gasteiger charge is -2.35. The maximum absolute atomic E-state index is 13.1. The predicted molar refractivity (Wildman–Crippen MR) is 115 cm³/mol. The number of aromatic nitrogens is 4. The maximum atomic E-state index is 13.1. The first-order chi connectivity index (χ1) is 14.2. The van der Waals surface area contributed by atoms with Crippen LogP contribution < -0.4 is 4.90 Å². The molecule has 0 spiro atoms. The zero-order chi connectivity index (χ0) is 20.2. The molecule has 0 saturated carbocycles. The van der Waals surface area contributed by atoms with Gasteiger partial charge in [0.1, 0.15) is 5.82 Å². The van der Waals surface area contributed by atoms with Gasteiger partial charge in [-0.25, -0.2) is 9.07 Å². The van der Waals surface area contributed by atoms with Gasteiger partial charge in [-0.3, -0.25) is 14.5 Å². The van der Waals surface area contributed by atoms with E-state index >= 15 is 0 Å². The average molecular weight is 411 g/mol. The molecule has 0 aliphatic carbocycles. The van der Waals surface area contributed by atoms with Crippen molar-refractivity contribution in [3.8, 4) is 11.4 Å². The molecule has 2 aromatic heterocycles. The fourth-order valence-corrected chi connectivity index (χ4v) is 3.78. The number of rotatable bonds is 6. The normalized spacial score (nSPS) is 14.9. The fraction of sp³-hybridized carbons (Fsp3) is 0.286. The second-order valence-electron chi connectivity index (χ2n) is 6.97. The lowest BCUT2D eigenvalue weighted by Crippen LogP contribution is -2.47. The predicted octanol–water partition coefficient (Wildman–Crippen LogP) is 3.58. The van der Waals surface area contributed by atoms with Gasteiger partial charge in [-0.05, 0) is 48.6 Å². The van der Waals surface area contributed by atoms with Gasteiger partial charge in [0.05, 0.1) is 6.67 Å². The molecule has 29 heavy (non-hydrogen) atoms. The molecule has 1 saturated heterocycles. The second kappa shape index (κ2) is 8.67. The standard InChI is InChI=1S/C21H23FN6S/c1-2-10-27-20(17-4-3-9-23-15-17)24-28(21(27)29)16-25-11-13-26(14-12-25)19-7-5-18(22)6-8-19/h2-9,15H,1,10-14,16H2. The van der Waals surface area contributed by atoms with E-state index in [2.05, 4.69) is 21.4 Å². The Kier molecular flexibility index (Phi) is 5.82. The van der Waals surface area contributed by atoms with E-state index < -0.39 is 0 Å². The van der Waals surface area contributed by atoms with E-state index in [1.807, 2.05) is 39.6 Å². The van der Waals surface area contributed by atoms with Crippen LogP contribution in [0.15, 0.2) is 61.4 Å². The third kappa shape index (κ3) is 4.28. The third-order valence-corrected chi connectivity index (χ3v) is 5.48. The van der Waals surface area contributed by atoms with Crippen LogP contribution in [0.3, 0.4) is 0 Å². The largest absolute Gasteiger partial charge is 0.369 e. The maximum Gasteiger partial charge on any atom is 0.199 e. The molecule has 0 N–H and O–H groups in total. The number of hydrogen-bond acceptors (Lipinski definition) is 5. The summed E-state index contributed by atoms with van der Waals surface area (Å²) in [5.74, 6) is 0.592. The highest BCUT2D eigenvalue weighted by molar-refractivity contribution is 7.71. The monoisotopic (exact) mass is 410 g/mol. The quantitative estimate of drug-likeness (QED) is 0.459. The van der Waals surface area contributed by atoms with Crippen molar-refractivity contribution in [3.63, 3.8) is 0 Å². The van der Waals surface area contributed by atoms with Crippen LogP contribution in [0.4, 0.5) is 10.1 Å². The van der Waals surface area contributed by atoms with Gasteiger partial charge in [0.2, 0.25) is 0 Å². The Morgan fingerprint density at radius 1 is 1.10 bits per heavy atom. The number of anilines is 1. The van der Waals surface area contributed by atoms with Crippen molar-refractivity contribution < 1.29 is 4.39 Å². The first-order valence-corrected chi connectivity index (χ1v) is 9.98. The number of halogens is 1. The fourth-order valence-electron chi connectivity index (χ4n) is 3.52. The molecule has 3 heterocycles. The molecule has 0 amide bonds. The van der Waals surface area contributed by atoms with Crippen LogP contribution >= 0.6 is 12.2 Å². The molecular formula is C21H23FN6S. The van der Waals surface area contributed by atoms with Crippen molar-refractivity contribution in [3.05, 3.63) is 72.0 Å². The molecule has 0 radical (unpaired) electrons. The lowest BCUT2D eigenvalue weighted by atomic mass is 10.2. The first-order valence-electron chi connectivity index (χ1n) is 9.57. The summed E-state index contributed by atoms with van der Waals surface area (Å²) in [4.78, 5) is 8.80. The molecule has 1 fully saturated rings. The number of pyridine rings is 1. The highest BCUT2D eigenvalue weighted by Gasteiger charge is 2.19. The topological polar surface area (TPSA) is 42.1 Å². The number of benzene rings is 1. The van der Waals surface area contributed by atoms with Gasteiger partial charge < -0.3 is 4.90 Å². The highest BCUT2D eigenvalue weighted by atomic mass is 32.1. The number of nitrogens with zero attached hydrogens (tertiary/aromatic N) is 6. The van der Waals surface area contributed by atoms with Crippen molar-refractivity contribution >= 4 is 17.9 Å². The number of piperazine rings is 1. The number of allylic oxidation sites excluding steroid dienone is 1. The van der Waals surface area contributed by atoms with Gasteiger partial charge in [-0.15, -0.1) is 6.58 Å². The van der Waals surface area contributed by atoms with Crippen LogP contribution in [0, 0.1) is 10.6 Å². The van der Waals surface area contributed by atoms with E-state index in [9.17, 15) is 4.39 Å². The molecule has 1 aliphatic heterocycles. The Labute approximate surface area is 174 Å². The van der Waals surface area contributed by atoms with Crippen LogP contribution in [0.2, 0.25) is 0 Å². The Balaban J connectivity index is 1.48. The van der Waals surface area contributed by atoms with Crippen molar-refractivity contribution in [2.45, 2.75) is 13.2 Å². The summed E-state index contributed by atoms with van der Waals surface area (Å²) in [6.45, 7) is 8.59. The van der Waals surface area contributed by atoms with Crippen molar-refractivity contribution in [2.75, 3.05) is 31.1 Å². The van der Waals surface area contributed by atoms with Crippen LogP contribution in [-0.4, -0.2) is 50.4 Å². The Morgan fingerprint density at radius 3 is 2.52 bits per heavy atom. The van der Waals surface area contributed by atoms with Gasteiger partial charge >= 0.3 is 0 Å². The minimum atomic E-state index is -0.207. The van der Waals surface area contributed by atoms with Gasteiger partial charge in [0.25, 0.3) is 0 Å². The summed E-state index contributed by atoms with van der Waals surface area (Å²) in [5, 5.41) is 4.77. The first kappa shape index (κ1) is 19.5. The highest BCUT2D eigenvalue weighted by Crippen LogP contribution is 2.19. The van der Waals surface area contributed by atoms with E-state index in [1.54, 1.807) is 12.4 Å². The van der Waals surface area contributed by atoms with Crippen LogP contribution in [0.25, 0.3) is 11.4 Å². The summed E-state index contributed by atoms with van der Waals surface area (Å²) in [6.07, 6.45) is 5.36. The molecule has 6 nitrogen and oxygen atoms in total. The molecule has 150 valence electrons. The van der Waals surface area contributed by atoms with Gasteiger partial charge in [0, 0.05) is 56.4 Å². The summed E-state index contributed by atoms with van der Waals surface area (Å²) in [5.41, 5.74) is 1.98. The minimum absolute atomic E-state index is 0.207. The van der Waals surface area contributed by atoms with E-state index in [4.69, 9.17) is 17.3 Å². The SMILES string of the molecule is C=CCn1c(-c2cccnc2)nn(CN2CCN(c3ccc(F)cc3)CC2)c1=S. The Hall–Kier alpha value is -2.84. The van der Waals surface area contributed by atoms with Crippen LogP contribution in [0.1, 0.15) is 0 Å². The molecule has 1 aromatic carbocycles. The van der Waals surface area contributed by atoms with Crippen molar-refractivity contribution in [1.82, 2.24) is 24.2 Å². The Bertz CT molecular complexity index is 1020. The summed E-state index contributed by atoms with van der Waals surface area (Å²) < 4.78 is 17.7. The average Bonchev–Trinajstić information content (AvgIpc) is 3.06. The van der Waals surface area contributed by atoms with Crippen LogP contribution in [-0.2, 0) is 13.2 Å².